The minimum atomic E-state index is -0.464. The fraction of sp³-hybridized carbons (Fsp3) is 0.286. The Morgan fingerprint density at radius 3 is 2.60 bits per heavy atom. The molecule has 6 nitrogen and oxygen atoms in total. The third-order valence-electron chi connectivity index (χ3n) is 2.88. The van der Waals surface area contributed by atoms with E-state index in [1.54, 1.807) is 13.0 Å². The summed E-state index contributed by atoms with van der Waals surface area (Å²) in [6.07, 6.45) is 1.42. The van der Waals surface area contributed by atoms with Crippen molar-refractivity contribution < 1.29 is 14.3 Å². The molecule has 20 heavy (non-hydrogen) atoms. The van der Waals surface area contributed by atoms with Crippen molar-refractivity contribution in [2.24, 2.45) is 0 Å². The highest BCUT2D eigenvalue weighted by Crippen LogP contribution is 2.10. The number of para-hydroxylation sites is 2. The topological polar surface area (TPSA) is 72.4 Å². The molecule has 0 aliphatic carbocycles. The largest absolute Gasteiger partial charge is 0.468 e. The first-order valence-electron chi connectivity index (χ1n) is 6.23. The van der Waals surface area contributed by atoms with Crippen molar-refractivity contribution in [2.75, 3.05) is 20.2 Å². The van der Waals surface area contributed by atoms with Gasteiger partial charge in [0.25, 0.3) is 5.91 Å². The molecule has 2 aromatic rings. The van der Waals surface area contributed by atoms with Gasteiger partial charge in [0.2, 0.25) is 0 Å². The van der Waals surface area contributed by atoms with E-state index in [1.165, 1.54) is 18.2 Å². The number of likely N-dealkylation sites (N-methyl/N-ethyl adjacent to an activating group) is 1. The Kier molecular flexibility index (Phi) is 4.24. The zero-order valence-corrected chi connectivity index (χ0v) is 11.4. The zero-order valence-electron chi connectivity index (χ0n) is 11.4. The van der Waals surface area contributed by atoms with Crippen LogP contribution in [0.25, 0.3) is 11.0 Å². The van der Waals surface area contributed by atoms with E-state index in [2.05, 4.69) is 14.7 Å². The summed E-state index contributed by atoms with van der Waals surface area (Å²) >= 11 is 0. The maximum atomic E-state index is 12.3. The molecule has 2 rings (SSSR count). The van der Waals surface area contributed by atoms with Gasteiger partial charge in [-0.05, 0) is 19.1 Å². The smallest absolute Gasteiger partial charge is 0.325 e. The molecule has 0 spiro atoms. The zero-order chi connectivity index (χ0) is 14.5. The minimum absolute atomic E-state index is 0.0969. The van der Waals surface area contributed by atoms with E-state index in [-0.39, 0.29) is 18.1 Å². The van der Waals surface area contributed by atoms with Crippen molar-refractivity contribution in [2.45, 2.75) is 6.92 Å². The third-order valence-corrected chi connectivity index (χ3v) is 2.88. The van der Waals surface area contributed by atoms with E-state index in [1.807, 2.05) is 18.2 Å². The van der Waals surface area contributed by atoms with E-state index in [0.717, 1.165) is 5.52 Å². The van der Waals surface area contributed by atoms with Crippen molar-refractivity contribution in [3.05, 3.63) is 36.2 Å². The molecule has 0 radical (unpaired) electrons. The molecule has 1 amide bonds. The number of aromatic nitrogens is 2. The first-order chi connectivity index (χ1) is 9.65. The second kappa shape index (κ2) is 6.10. The molecule has 0 unspecified atom stereocenters. The molecule has 0 fully saturated rings. The number of benzene rings is 1. The summed E-state index contributed by atoms with van der Waals surface area (Å²) in [5, 5.41) is 0. The van der Waals surface area contributed by atoms with Crippen LogP contribution in [0, 0.1) is 0 Å². The van der Waals surface area contributed by atoms with Crippen LogP contribution in [0.15, 0.2) is 30.5 Å². The van der Waals surface area contributed by atoms with Crippen molar-refractivity contribution in [3.8, 4) is 0 Å². The summed E-state index contributed by atoms with van der Waals surface area (Å²) in [4.78, 5) is 33.4. The molecule has 1 aromatic carbocycles. The first kappa shape index (κ1) is 13.9. The number of nitrogens with zero attached hydrogens (tertiary/aromatic N) is 3. The van der Waals surface area contributed by atoms with Crippen molar-refractivity contribution >= 4 is 22.9 Å². The summed E-state index contributed by atoms with van der Waals surface area (Å²) in [5.41, 5.74) is 1.59. The van der Waals surface area contributed by atoms with E-state index in [0.29, 0.717) is 12.1 Å². The van der Waals surface area contributed by atoms with Crippen LogP contribution in [0.4, 0.5) is 0 Å². The van der Waals surface area contributed by atoms with Crippen LogP contribution < -0.4 is 0 Å². The maximum absolute atomic E-state index is 12.3. The first-order valence-corrected chi connectivity index (χ1v) is 6.23. The van der Waals surface area contributed by atoms with Crippen LogP contribution in [0.1, 0.15) is 17.4 Å². The molecule has 1 aromatic heterocycles. The predicted molar refractivity (Wildman–Crippen MR) is 73.1 cm³/mol. The molecule has 0 bridgehead atoms. The van der Waals surface area contributed by atoms with Gasteiger partial charge in [-0.2, -0.15) is 0 Å². The lowest BCUT2D eigenvalue weighted by Gasteiger charge is -2.18. The number of carbonyl (C=O) groups excluding carboxylic acids is 2. The van der Waals surface area contributed by atoms with Crippen LogP contribution in [0.5, 0.6) is 0 Å². The lowest BCUT2D eigenvalue weighted by molar-refractivity contribution is -0.141. The van der Waals surface area contributed by atoms with Crippen LogP contribution in [-0.2, 0) is 9.53 Å². The molecule has 0 aliphatic rings. The predicted octanol–water partition coefficient (Wildman–Crippen LogP) is 1.26. The SMILES string of the molecule is CCN(CC(=O)OC)C(=O)c1cnc2ccccc2n1. The number of rotatable bonds is 4. The van der Waals surface area contributed by atoms with E-state index in [4.69, 9.17) is 0 Å². The molecule has 6 heteroatoms. The molecular weight excluding hydrogens is 258 g/mol. The van der Waals surface area contributed by atoms with E-state index < -0.39 is 5.97 Å². The molecule has 1 heterocycles. The van der Waals surface area contributed by atoms with Crippen LogP contribution >= 0.6 is 0 Å². The van der Waals surface area contributed by atoms with Gasteiger partial charge in [0.15, 0.2) is 0 Å². The lowest BCUT2D eigenvalue weighted by Crippen LogP contribution is -2.36. The van der Waals surface area contributed by atoms with Gasteiger partial charge < -0.3 is 9.64 Å². The standard InChI is InChI=1S/C14H15N3O3/c1-3-17(9-13(18)20-2)14(19)12-8-15-10-6-4-5-7-11(10)16-12/h4-8H,3,9H2,1-2H3. The highest BCUT2D eigenvalue weighted by molar-refractivity contribution is 5.95. The number of methoxy groups -OCH3 is 1. The van der Waals surface area contributed by atoms with Gasteiger partial charge in [0.1, 0.15) is 12.2 Å². The average Bonchev–Trinajstić information content (AvgIpc) is 2.51. The lowest BCUT2D eigenvalue weighted by atomic mass is 10.3. The highest BCUT2D eigenvalue weighted by atomic mass is 16.5. The second-order valence-corrected chi connectivity index (χ2v) is 4.14. The summed E-state index contributed by atoms with van der Waals surface area (Å²) in [5.74, 6) is -0.801. The number of esters is 1. The summed E-state index contributed by atoms with van der Waals surface area (Å²) < 4.78 is 4.57. The summed E-state index contributed by atoms with van der Waals surface area (Å²) in [6, 6.07) is 7.30. The Bertz CT molecular complexity index is 642. The number of hydrogen-bond donors (Lipinski definition) is 0. The minimum Gasteiger partial charge on any atom is -0.468 e. The number of amides is 1. The molecule has 104 valence electrons. The Hall–Kier alpha value is -2.50. The Balaban J connectivity index is 2.27. The van der Waals surface area contributed by atoms with Gasteiger partial charge in [-0.1, -0.05) is 12.1 Å². The Morgan fingerprint density at radius 1 is 1.25 bits per heavy atom. The van der Waals surface area contributed by atoms with Gasteiger partial charge in [-0.15, -0.1) is 0 Å². The summed E-state index contributed by atoms with van der Waals surface area (Å²) in [6.45, 7) is 2.08. The normalized spacial score (nSPS) is 10.3. The van der Waals surface area contributed by atoms with Crippen molar-refractivity contribution in [1.29, 1.82) is 0 Å². The van der Waals surface area contributed by atoms with Gasteiger partial charge in [0.05, 0.1) is 24.3 Å². The fourth-order valence-corrected chi connectivity index (χ4v) is 1.77. The number of fused-ring (bicyclic) bond motifs is 1. The molecule has 0 saturated heterocycles. The number of hydrogen-bond acceptors (Lipinski definition) is 5. The highest BCUT2D eigenvalue weighted by Gasteiger charge is 2.19. The average molecular weight is 273 g/mol. The van der Waals surface area contributed by atoms with E-state index >= 15 is 0 Å². The quantitative estimate of drug-likeness (QED) is 0.784. The van der Waals surface area contributed by atoms with Gasteiger partial charge in [-0.3, -0.25) is 14.6 Å². The maximum Gasteiger partial charge on any atom is 0.325 e. The Labute approximate surface area is 116 Å². The van der Waals surface area contributed by atoms with Gasteiger partial charge in [-0.25, -0.2) is 4.98 Å². The second-order valence-electron chi connectivity index (χ2n) is 4.14. The van der Waals surface area contributed by atoms with E-state index in [9.17, 15) is 9.59 Å². The number of carbonyl (C=O) groups is 2. The summed E-state index contributed by atoms with van der Waals surface area (Å²) in [7, 11) is 1.29. The molecule has 0 N–H and O–H groups in total. The molecule has 0 saturated carbocycles. The van der Waals surface area contributed by atoms with Crippen LogP contribution in [0.3, 0.4) is 0 Å². The Morgan fingerprint density at radius 2 is 1.95 bits per heavy atom. The van der Waals surface area contributed by atoms with Crippen LogP contribution in [0.2, 0.25) is 0 Å². The molecule has 0 atom stereocenters. The monoisotopic (exact) mass is 273 g/mol. The van der Waals surface area contributed by atoms with Crippen molar-refractivity contribution in [1.82, 2.24) is 14.9 Å². The third kappa shape index (κ3) is 2.90. The van der Waals surface area contributed by atoms with Gasteiger partial charge >= 0.3 is 5.97 Å². The van der Waals surface area contributed by atoms with Crippen molar-refractivity contribution in [3.63, 3.8) is 0 Å². The fourth-order valence-electron chi connectivity index (χ4n) is 1.77. The van der Waals surface area contributed by atoms with Crippen LogP contribution in [-0.4, -0.2) is 46.9 Å². The molecule has 0 aliphatic heterocycles. The molecular formula is C14H15N3O3. The number of ether oxygens (including phenoxy) is 1. The van der Waals surface area contributed by atoms with Gasteiger partial charge in [0, 0.05) is 6.54 Å².